The van der Waals surface area contributed by atoms with Crippen LogP contribution in [0.15, 0.2) is 0 Å². The van der Waals surface area contributed by atoms with Gasteiger partial charge in [-0.25, -0.2) is 4.79 Å². The molecule has 0 radical (unpaired) electrons. The molecule has 2 atom stereocenters. The fourth-order valence-corrected chi connectivity index (χ4v) is 1.89. The van der Waals surface area contributed by atoms with E-state index in [9.17, 15) is 9.90 Å². The number of piperidine rings is 1. The lowest BCUT2D eigenvalue weighted by molar-refractivity contribution is -0.0659. The van der Waals surface area contributed by atoms with E-state index in [-0.39, 0.29) is 17.4 Å². The first-order chi connectivity index (χ1) is 7.54. The van der Waals surface area contributed by atoms with Crippen molar-refractivity contribution in [1.29, 1.82) is 0 Å². The molecule has 0 aromatic heterocycles. The molecule has 0 aromatic rings. The van der Waals surface area contributed by atoms with E-state index in [2.05, 4.69) is 6.92 Å². The molecule has 1 saturated heterocycles. The molecule has 1 aliphatic rings. The van der Waals surface area contributed by atoms with Gasteiger partial charge in [0.15, 0.2) is 0 Å². The summed E-state index contributed by atoms with van der Waals surface area (Å²) in [7, 11) is 0. The number of nitrogens with zero attached hydrogens (tertiary/aromatic N) is 1. The average Bonchev–Trinajstić information content (AvgIpc) is 2.11. The van der Waals surface area contributed by atoms with Crippen molar-refractivity contribution in [2.45, 2.75) is 53.2 Å². The molecule has 1 amide bonds. The van der Waals surface area contributed by atoms with E-state index in [1.165, 1.54) is 0 Å². The summed E-state index contributed by atoms with van der Waals surface area (Å²) >= 11 is 0. The van der Waals surface area contributed by atoms with Crippen molar-refractivity contribution in [2.75, 3.05) is 13.1 Å². The molecule has 17 heavy (non-hydrogen) atoms. The van der Waals surface area contributed by atoms with Crippen molar-refractivity contribution < 1.29 is 14.6 Å². The number of aliphatic hydroxyl groups is 1. The Labute approximate surface area is 104 Å². The SMILES string of the molecule is CC1CN(C(=O)OC(C)(C)C)CC(O)C1(C)C. The molecule has 1 aliphatic heterocycles. The van der Waals surface area contributed by atoms with Crippen LogP contribution in [0, 0.1) is 11.3 Å². The lowest BCUT2D eigenvalue weighted by Gasteiger charge is -2.45. The molecule has 1 fully saturated rings. The van der Waals surface area contributed by atoms with E-state index in [0.29, 0.717) is 13.1 Å². The van der Waals surface area contributed by atoms with Crippen LogP contribution in [0.2, 0.25) is 0 Å². The molecule has 1 heterocycles. The normalized spacial score (nSPS) is 29.0. The van der Waals surface area contributed by atoms with Crippen LogP contribution < -0.4 is 0 Å². The zero-order valence-corrected chi connectivity index (χ0v) is 11.8. The Balaban J connectivity index is 2.68. The van der Waals surface area contributed by atoms with Crippen LogP contribution in [0.1, 0.15) is 41.5 Å². The summed E-state index contributed by atoms with van der Waals surface area (Å²) in [6.07, 6.45) is -0.835. The monoisotopic (exact) mass is 243 g/mol. The van der Waals surface area contributed by atoms with Crippen LogP contribution in [0.4, 0.5) is 4.79 Å². The van der Waals surface area contributed by atoms with Crippen molar-refractivity contribution in [1.82, 2.24) is 4.90 Å². The minimum Gasteiger partial charge on any atom is -0.444 e. The maximum Gasteiger partial charge on any atom is 0.410 e. The van der Waals surface area contributed by atoms with Gasteiger partial charge in [0.05, 0.1) is 12.6 Å². The summed E-state index contributed by atoms with van der Waals surface area (Å²) in [6, 6.07) is 0. The number of carbonyl (C=O) groups is 1. The number of likely N-dealkylation sites (tertiary alicyclic amines) is 1. The Bertz CT molecular complexity index is 280. The molecule has 0 aliphatic carbocycles. The highest BCUT2D eigenvalue weighted by Gasteiger charge is 2.42. The Morgan fingerprint density at radius 3 is 2.29 bits per heavy atom. The van der Waals surface area contributed by atoms with E-state index in [1.807, 2.05) is 34.6 Å². The summed E-state index contributed by atoms with van der Waals surface area (Å²) in [4.78, 5) is 13.5. The number of rotatable bonds is 0. The van der Waals surface area contributed by atoms with Gasteiger partial charge in [-0.3, -0.25) is 0 Å². The molecular formula is C13H25NO3. The second kappa shape index (κ2) is 4.48. The second-order valence-electron chi connectivity index (χ2n) is 6.62. The first-order valence-electron chi connectivity index (χ1n) is 6.20. The molecule has 4 nitrogen and oxygen atoms in total. The highest BCUT2D eigenvalue weighted by atomic mass is 16.6. The van der Waals surface area contributed by atoms with Gasteiger partial charge in [0.2, 0.25) is 0 Å². The van der Waals surface area contributed by atoms with Gasteiger partial charge in [0.1, 0.15) is 5.60 Å². The first-order valence-corrected chi connectivity index (χ1v) is 6.20. The number of ether oxygens (including phenoxy) is 1. The van der Waals surface area contributed by atoms with E-state index >= 15 is 0 Å². The van der Waals surface area contributed by atoms with Crippen molar-refractivity contribution in [3.05, 3.63) is 0 Å². The summed E-state index contributed by atoms with van der Waals surface area (Å²) < 4.78 is 5.32. The lowest BCUT2D eigenvalue weighted by atomic mass is 9.72. The number of amides is 1. The lowest BCUT2D eigenvalue weighted by Crippen LogP contribution is -2.55. The van der Waals surface area contributed by atoms with Crippen LogP contribution in [0.3, 0.4) is 0 Å². The van der Waals surface area contributed by atoms with Crippen LogP contribution in [0.5, 0.6) is 0 Å². The predicted molar refractivity (Wildman–Crippen MR) is 66.8 cm³/mol. The Hall–Kier alpha value is -0.770. The molecule has 0 spiro atoms. The summed E-state index contributed by atoms with van der Waals surface area (Å²) in [6.45, 7) is 12.7. The Morgan fingerprint density at radius 2 is 1.88 bits per heavy atom. The highest BCUT2D eigenvalue weighted by Crippen LogP contribution is 2.35. The van der Waals surface area contributed by atoms with Crippen LogP contribution in [-0.2, 0) is 4.74 Å². The minimum atomic E-state index is -0.501. The zero-order chi connectivity index (χ0) is 13.4. The van der Waals surface area contributed by atoms with E-state index in [0.717, 1.165) is 0 Å². The van der Waals surface area contributed by atoms with Crippen LogP contribution in [-0.4, -0.2) is 40.9 Å². The maximum absolute atomic E-state index is 11.9. The summed E-state index contributed by atoms with van der Waals surface area (Å²) in [5.74, 6) is 0.249. The maximum atomic E-state index is 11.9. The van der Waals surface area contributed by atoms with Crippen molar-refractivity contribution in [3.63, 3.8) is 0 Å². The molecule has 1 rings (SSSR count). The van der Waals surface area contributed by atoms with Crippen LogP contribution in [0.25, 0.3) is 0 Å². The topological polar surface area (TPSA) is 49.8 Å². The standard InChI is InChI=1S/C13H25NO3/c1-9-7-14(8-10(15)13(9,5)6)11(16)17-12(2,3)4/h9-10,15H,7-8H2,1-6H3. The molecule has 2 unspecified atom stereocenters. The second-order valence-corrected chi connectivity index (χ2v) is 6.62. The molecule has 4 heteroatoms. The predicted octanol–water partition coefficient (Wildman–Crippen LogP) is 2.26. The van der Waals surface area contributed by atoms with Gasteiger partial charge >= 0.3 is 6.09 Å². The largest absolute Gasteiger partial charge is 0.444 e. The van der Waals surface area contributed by atoms with E-state index in [1.54, 1.807) is 4.90 Å². The van der Waals surface area contributed by atoms with Gasteiger partial charge in [-0.05, 0) is 32.1 Å². The summed E-state index contributed by atoms with van der Waals surface area (Å²) in [5.41, 5.74) is -0.642. The van der Waals surface area contributed by atoms with Gasteiger partial charge < -0.3 is 14.7 Å². The molecule has 0 aromatic carbocycles. The third kappa shape index (κ3) is 3.35. The third-order valence-electron chi connectivity index (χ3n) is 3.67. The quantitative estimate of drug-likeness (QED) is 0.710. The average molecular weight is 243 g/mol. The van der Waals surface area contributed by atoms with Crippen molar-refractivity contribution >= 4 is 6.09 Å². The van der Waals surface area contributed by atoms with E-state index < -0.39 is 11.7 Å². The van der Waals surface area contributed by atoms with Gasteiger partial charge in [0.25, 0.3) is 0 Å². The molecule has 1 N–H and O–H groups in total. The number of carbonyl (C=O) groups excluding carboxylic acids is 1. The van der Waals surface area contributed by atoms with Gasteiger partial charge in [-0.15, -0.1) is 0 Å². The number of hydrogen-bond acceptors (Lipinski definition) is 3. The van der Waals surface area contributed by atoms with Gasteiger partial charge in [-0.2, -0.15) is 0 Å². The van der Waals surface area contributed by atoms with Gasteiger partial charge in [-0.1, -0.05) is 20.8 Å². The highest BCUT2D eigenvalue weighted by molar-refractivity contribution is 5.68. The van der Waals surface area contributed by atoms with E-state index in [4.69, 9.17) is 4.74 Å². The molecule has 100 valence electrons. The smallest absolute Gasteiger partial charge is 0.410 e. The van der Waals surface area contributed by atoms with Crippen molar-refractivity contribution in [3.8, 4) is 0 Å². The number of hydrogen-bond donors (Lipinski definition) is 1. The Kier molecular flexibility index (Phi) is 3.77. The summed E-state index contributed by atoms with van der Waals surface area (Å²) in [5, 5.41) is 10.1. The zero-order valence-electron chi connectivity index (χ0n) is 11.8. The Morgan fingerprint density at radius 1 is 1.35 bits per heavy atom. The minimum absolute atomic E-state index is 0.154. The fraction of sp³-hybridized carbons (Fsp3) is 0.923. The molecule has 0 saturated carbocycles. The number of aliphatic hydroxyl groups excluding tert-OH is 1. The van der Waals surface area contributed by atoms with Crippen molar-refractivity contribution in [2.24, 2.45) is 11.3 Å². The fourth-order valence-electron chi connectivity index (χ4n) is 1.89. The molecule has 0 bridgehead atoms. The number of β-amino-alcohol motifs (C(OH)–C–C–N with tert-alkyl or cyclic N) is 1. The van der Waals surface area contributed by atoms with Gasteiger partial charge in [0, 0.05) is 6.54 Å². The first kappa shape index (κ1) is 14.3. The molecular weight excluding hydrogens is 218 g/mol. The third-order valence-corrected chi connectivity index (χ3v) is 3.67. The van der Waals surface area contributed by atoms with Crippen LogP contribution >= 0.6 is 0 Å².